The molecule has 0 unspecified atom stereocenters. The summed E-state index contributed by atoms with van der Waals surface area (Å²) in [6.07, 6.45) is 2.52. The Morgan fingerprint density at radius 2 is 1.85 bits per heavy atom. The van der Waals surface area contributed by atoms with Crippen molar-refractivity contribution in [1.82, 2.24) is 4.90 Å². The number of furan rings is 1. The van der Waals surface area contributed by atoms with E-state index in [0.29, 0.717) is 6.42 Å². The quantitative estimate of drug-likeness (QED) is 0.674. The summed E-state index contributed by atoms with van der Waals surface area (Å²) in [7, 11) is 0. The lowest BCUT2D eigenvalue weighted by Crippen LogP contribution is -2.41. The molecular formula is C22H23NO3. The third-order valence-corrected chi connectivity index (χ3v) is 4.96. The van der Waals surface area contributed by atoms with E-state index in [-0.39, 0.29) is 12.0 Å². The molecule has 26 heavy (non-hydrogen) atoms. The van der Waals surface area contributed by atoms with E-state index in [1.807, 2.05) is 54.3 Å². The molecule has 1 aliphatic rings. The summed E-state index contributed by atoms with van der Waals surface area (Å²) in [5.41, 5.74) is 1.94. The van der Waals surface area contributed by atoms with Crippen molar-refractivity contribution in [3.63, 3.8) is 0 Å². The Labute approximate surface area is 153 Å². The van der Waals surface area contributed by atoms with E-state index in [0.717, 1.165) is 54.0 Å². The van der Waals surface area contributed by atoms with Crippen LogP contribution in [-0.4, -0.2) is 30.0 Å². The molecule has 0 saturated carbocycles. The maximum absolute atomic E-state index is 11.7. The van der Waals surface area contributed by atoms with Crippen LogP contribution in [0.3, 0.4) is 0 Å². The number of benzene rings is 2. The molecule has 3 aromatic rings. The molecule has 4 nitrogen and oxygen atoms in total. The van der Waals surface area contributed by atoms with Crippen molar-refractivity contribution in [2.45, 2.75) is 32.3 Å². The SMILES string of the molecule is CCC(=O)N1CCC(Oc2ccc(-c3cc4ccccc4o3)cc2)CC1. The van der Waals surface area contributed by atoms with Crippen LogP contribution in [-0.2, 0) is 4.79 Å². The Balaban J connectivity index is 1.40. The number of ether oxygens (including phenoxy) is 1. The summed E-state index contributed by atoms with van der Waals surface area (Å²) in [6, 6.07) is 18.1. The third-order valence-electron chi connectivity index (χ3n) is 4.96. The van der Waals surface area contributed by atoms with Crippen LogP contribution in [0.1, 0.15) is 26.2 Å². The van der Waals surface area contributed by atoms with Crippen LogP contribution in [0.15, 0.2) is 59.0 Å². The fourth-order valence-electron chi connectivity index (χ4n) is 3.46. The Kier molecular flexibility index (Phi) is 4.65. The van der Waals surface area contributed by atoms with Gasteiger partial charge in [-0.1, -0.05) is 25.1 Å². The van der Waals surface area contributed by atoms with Crippen molar-refractivity contribution in [2.75, 3.05) is 13.1 Å². The summed E-state index contributed by atoms with van der Waals surface area (Å²) in [5, 5.41) is 1.11. The monoisotopic (exact) mass is 349 g/mol. The maximum Gasteiger partial charge on any atom is 0.222 e. The number of hydrogen-bond donors (Lipinski definition) is 0. The van der Waals surface area contributed by atoms with Gasteiger partial charge >= 0.3 is 0 Å². The standard InChI is InChI=1S/C22H23NO3/c1-2-22(24)23-13-11-19(12-14-23)25-18-9-7-16(8-10-18)21-15-17-5-3-4-6-20(17)26-21/h3-10,15,19H,2,11-14H2,1H3. The van der Waals surface area contributed by atoms with Crippen LogP contribution in [0.5, 0.6) is 5.75 Å². The number of carbonyl (C=O) groups is 1. The second kappa shape index (κ2) is 7.24. The van der Waals surface area contributed by atoms with Gasteiger partial charge in [0.15, 0.2) is 0 Å². The van der Waals surface area contributed by atoms with Crippen LogP contribution in [0.2, 0.25) is 0 Å². The molecule has 1 fully saturated rings. The summed E-state index contributed by atoms with van der Waals surface area (Å²) in [4.78, 5) is 13.7. The van der Waals surface area contributed by atoms with Gasteiger partial charge in [-0.3, -0.25) is 4.79 Å². The number of para-hydroxylation sites is 1. The number of nitrogens with zero attached hydrogens (tertiary/aromatic N) is 1. The number of fused-ring (bicyclic) bond motifs is 1. The molecule has 2 aromatic carbocycles. The summed E-state index contributed by atoms with van der Waals surface area (Å²) in [6.45, 7) is 3.48. The average Bonchev–Trinajstić information content (AvgIpc) is 3.13. The van der Waals surface area contributed by atoms with Gasteiger partial charge in [-0.15, -0.1) is 0 Å². The topological polar surface area (TPSA) is 42.7 Å². The van der Waals surface area contributed by atoms with Crippen LogP contribution < -0.4 is 4.74 Å². The Morgan fingerprint density at radius 1 is 1.12 bits per heavy atom. The first kappa shape index (κ1) is 16.7. The highest BCUT2D eigenvalue weighted by molar-refractivity contribution is 5.82. The number of likely N-dealkylation sites (tertiary alicyclic amines) is 1. The van der Waals surface area contributed by atoms with Crippen molar-refractivity contribution < 1.29 is 13.9 Å². The van der Waals surface area contributed by atoms with Gasteiger partial charge in [0.2, 0.25) is 5.91 Å². The molecule has 2 heterocycles. The van der Waals surface area contributed by atoms with E-state index in [9.17, 15) is 4.79 Å². The van der Waals surface area contributed by atoms with E-state index in [1.165, 1.54) is 0 Å². The molecule has 1 saturated heterocycles. The van der Waals surface area contributed by atoms with Crippen molar-refractivity contribution in [2.24, 2.45) is 0 Å². The smallest absolute Gasteiger partial charge is 0.222 e. The molecule has 0 atom stereocenters. The van der Waals surface area contributed by atoms with E-state index >= 15 is 0 Å². The molecule has 0 bridgehead atoms. The first-order valence-corrected chi connectivity index (χ1v) is 9.26. The lowest BCUT2D eigenvalue weighted by atomic mass is 10.1. The predicted octanol–water partition coefficient (Wildman–Crippen LogP) is 4.88. The number of hydrogen-bond acceptors (Lipinski definition) is 3. The lowest BCUT2D eigenvalue weighted by molar-refractivity contribution is -0.132. The molecule has 0 radical (unpaired) electrons. The van der Waals surface area contributed by atoms with Crippen LogP contribution in [0.4, 0.5) is 0 Å². The van der Waals surface area contributed by atoms with Gasteiger partial charge in [0.25, 0.3) is 0 Å². The second-order valence-corrected chi connectivity index (χ2v) is 6.72. The summed E-state index contributed by atoms with van der Waals surface area (Å²) >= 11 is 0. The first-order chi connectivity index (χ1) is 12.7. The van der Waals surface area contributed by atoms with E-state index in [4.69, 9.17) is 9.15 Å². The average molecular weight is 349 g/mol. The van der Waals surface area contributed by atoms with Crippen molar-refractivity contribution in [3.05, 3.63) is 54.6 Å². The number of rotatable bonds is 4. The lowest BCUT2D eigenvalue weighted by Gasteiger charge is -2.32. The molecule has 1 aromatic heterocycles. The molecule has 4 heteroatoms. The molecule has 0 aliphatic carbocycles. The van der Waals surface area contributed by atoms with E-state index in [1.54, 1.807) is 0 Å². The van der Waals surface area contributed by atoms with Gasteiger partial charge in [0, 0.05) is 43.3 Å². The van der Waals surface area contributed by atoms with Gasteiger partial charge in [0.05, 0.1) is 0 Å². The minimum Gasteiger partial charge on any atom is -0.490 e. The van der Waals surface area contributed by atoms with Crippen LogP contribution in [0, 0.1) is 0 Å². The molecule has 4 rings (SSSR count). The minimum atomic E-state index is 0.174. The zero-order valence-electron chi connectivity index (χ0n) is 15.0. The van der Waals surface area contributed by atoms with Gasteiger partial charge in [-0.2, -0.15) is 0 Å². The van der Waals surface area contributed by atoms with Crippen molar-refractivity contribution >= 4 is 16.9 Å². The highest BCUT2D eigenvalue weighted by Crippen LogP contribution is 2.29. The number of amides is 1. The summed E-state index contributed by atoms with van der Waals surface area (Å²) < 4.78 is 12.0. The van der Waals surface area contributed by atoms with Gasteiger partial charge in [0.1, 0.15) is 23.2 Å². The highest BCUT2D eigenvalue weighted by atomic mass is 16.5. The third kappa shape index (κ3) is 3.45. The fraction of sp³-hybridized carbons (Fsp3) is 0.318. The van der Waals surface area contributed by atoms with Crippen molar-refractivity contribution in [1.29, 1.82) is 0 Å². The molecular weight excluding hydrogens is 326 g/mol. The predicted molar refractivity (Wildman–Crippen MR) is 102 cm³/mol. The molecule has 0 N–H and O–H groups in total. The Morgan fingerprint density at radius 3 is 2.54 bits per heavy atom. The summed E-state index contributed by atoms with van der Waals surface area (Å²) in [5.74, 6) is 1.97. The van der Waals surface area contributed by atoms with E-state index < -0.39 is 0 Å². The maximum atomic E-state index is 11.7. The minimum absolute atomic E-state index is 0.174. The van der Waals surface area contributed by atoms with E-state index in [2.05, 4.69) is 12.1 Å². The van der Waals surface area contributed by atoms with Gasteiger partial charge in [-0.05, 0) is 36.4 Å². The molecule has 1 aliphatic heterocycles. The highest BCUT2D eigenvalue weighted by Gasteiger charge is 2.22. The molecule has 134 valence electrons. The van der Waals surface area contributed by atoms with Gasteiger partial charge < -0.3 is 14.1 Å². The second-order valence-electron chi connectivity index (χ2n) is 6.72. The van der Waals surface area contributed by atoms with Crippen LogP contribution >= 0.6 is 0 Å². The zero-order valence-corrected chi connectivity index (χ0v) is 15.0. The fourth-order valence-corrected chi connectivity index (χ4v) is 3.46. The molecule has 0 spiro atoms. The normalized spacial score (nSPS) is 15.3. The largest absolute Gasteiger partial charge is 0.490 e. The van der Waals surface area contributed by atoms with Gasteiger partial charge in [-0.25, -0.2) is 0 Å². The van der Waals surface area contributed by atoms with Crippen molar-refractivity contribution in [3.8, 4) is 17.1 Å². The first-order valence-electron chi connectivity index (χ1n) is 9.26. The molecule has 1 amide bonds. The van der Waals surface area contributed by atoms with Crippen LogP contribution in [0.25, 0.3) is 22.3 Å². The number of piperidine rings is 1. The number of carbonyl (C=O) groups excluding carboxylic acids is 1. The Hall–Kier alpha value is -2.75. The Bertz CT molecular complexity index is 856. The zero-order chi connectivity index (χ0) is 17.9.